The second-order valence-corrected chi connectivity index (χ2v) is 5.62. The number of carbonyl (C=O) groups is 1. The molecule has 0 aliphatic heterocycles. The van der Waals surface area contributed by atoms with Crippen LogP contribution in [0.15, 0.2) is 18.2 Å². The van der Waals surface area contributed by atoms with Gasteiger partial charge in [-0.05, 0) is 35.4 Å². The maximum absolute atomic E-state index is 10.8. The number of rotatable bonds is 3. The van der Waals surface area contributed by atoms with Crippen LogP contribution in [-0.4, -0.2) is 12.5 Å². The van der Waals surface area contributed by atoms with Crippen LogP contribution in [0.5, 0.6) is 0 Å². The standard InChI is InChI=1S/C15H23NO/c1-11-6-7-14(15(3,4)5)10-13(11)8-9-16-12(2)17/h6-7,10H,8-9H2,1-5H3,(H,16,17). The Bertz CT molecular complexity index is 402. The average molecular weight is 233 g/mol. The summed E-state index contributed by atoms with van der Waals surface area (Å²) in [7, 11) is 0. The molecule has 0 aliphatic carbocycles. The molecule has 2 heteroatoms. The summed E-state index contributed by atoms with van der Waals surface area (Å²) in [4.78, 5) is 10.8. The molecule has 0 unspecified atom stereocenters. The van der Waals surface area contributed by atoms with Gasteiger partial charge in [-0.25, -0.2) is 0 Å². The van der Waals surface area contributed by atoms with Crippen molar-refractivity contribution in [3.05, 3.63) is 34.9 Å². The number of hydrogen-bond donors (Lipinski definition) is 1. The molecule has 0 aromatic heterocycles. The molecule has 0 aliphatic rings. The van der Waals surface area contributed by atoms with E-state index in [1.165, 1.54) is 16.7 Å². The van der Waals surface area contributed by atoms with E-state index in [1.54, 1.807) is 6.92 Å². The lowest BCUT2D eigenvalue weighted by molar-refractivity contribution is -0.118. The Labute approximate surface area is 104 Å². The summed E-state index contributed by atoms with van der Waals surface area (Å²) in [5.74, 6) is 0.0367. The van der Waals surface area contributed by atoms with Gasteiger partial charge in [-0.15, -0.1) is 0 Å². The van der Waals surface area contributed by atoms with Gasteiger partial charge < -0.3 is 5.32 Å². The molecule has 0 atom stereocenters. The largest absolute Gasteiger partial charge is 0.356 e. The third-order valence-corrected chi connectivity index (χ3v) is 2.98. The van der Waals surface area contributed by atoms with Crippen LogP contribution in [0.2, 0.25) is 0 Å². The summed E-state index contributed by atoms with van der Waals surface area (Å²) in [6, 6.07) is 6.62. The van der Waals surface area contributed by atoms with Crippen molar-refractivity contribution in [1.29, 1.82) is 0 Å². The van der Waals surface area contributed by atoms with E-state index in [1.807, 2.05) is 0 Å². The summed E-state index contributed by atoms with van der Waals surface area (Å²) >= 11 is 0. The van der Waals surface area contributed by atoms with Crippen molar-refractivity contribution in [3.8, 4) is 0 Å². The highest BCUT2D eigenvalue weighted by Crippen LogP contribution is 2.24. The molecule has 1 aromatic rings. The van der Waals surface area contributed by atoms with Gasteiger partial charge in [0.25, 0.3) is 0 Å². The second-order valence-electron chi connectivity index (χ2n) is 5.62. The molecule has 0 radical (unpaired) electrons. The lowest BCUT2D eigenvalue weighted by atomic mass is 9.85. The Balaban J connectivity index is 2.80. The SMILES string of the molecule is CC(=O)NCCc1cc(C(C)(C)C)ccc1C. The topological polar surface area (TPSA) is 29.1 Å². The number of aryl methyl sites for hydroxylation is 1. The monoisotopic (exact) mass is 233 g/mol. The highest BCUT2D eigenvalue weighted by atomic mass is 16.1. The van der Waals surface area contributed by atoms with Gasteiger partial charge >= 0.3 is 0 Å². The number of hydrogen-bond acceptors (Lipinski definition) is 1. The van der Waals surface area contributed by atoms with E-state index < -0.39 is 0 Å². The maximum Gasteiger partial charge on any atom is 0.216 e. The lowest BCUT2D eigenvalue weighted by Gasteiger charge is -2.21. The van der Waals surface area contributed by atoms with Crippen molar-refractivity contribution in [2.24, 2.45) is 0 Å². The summed E-state index contributed by atoms with van der Waals surface area (Å²) in [6.07, 6.45) is 0.898. The van der Waals surface area contributed by atoms with Crippen molar-refractivity contribution in [3.63, 3.8) is 0 Å². The summed E-state index contributed by atoms with van der Waals surface area (Å²) in [5, 5.41) is 2.84. The third kappa shape index (κ3) is 4.22. The van der Waals surface area contributed by atoms with Gasteiger partial charge in [0.05, 0.1) is 0 Å². The average Bonchev–Trinajstić information content (AvgIpc) is 2.18. The summed E-state index contributed by atoms with van der Waals surface area (Å²) in [6.45, 7) is 11.0. The predicted molar refractivity (Wildman–Crippen MR) is 72.3 cm³/mol. The molecule has 1 N–H and O–H groups in total. The van der Waals surface area contributed by atoms with E-state index in [0.717, 1.165) is 6.42 Å². The molecule has 0 bridgehead atoms. The smallest absolute Gasteiger partial charge is 0.216 e. The molecular weight excluding hydrogens is 210 g/mol. The molecule has 1 rings (SSSR count). The molecule has 0 fully saturated rings. The third-order valence-electron chi connectivity index (χ3n) is 2.98. The Hall–Kier alpha value is -1.31. The maximum atomic E-state index is 10.8. The van der Waals surface area contributed by atoms with E-state index in [0.29, 0.717) is 6.54 Å². The fraction of sp³-hybridized carbons (Fsp3) is 0.533. The lowest BCUT2D eigenvalue weighted by Crippen LogP contribution is -2.22. The van der Waals surface area contributed by atoms with Crippen LogP contribution in [0.25, 0.3) is 0 Å². The Morgan fingerprint density at radius 1 is 1.29 bits per heavy atom. The first-order valence-electron chi connectivity index (χ1n) is 6.15. The number of carbonyl (C=O) groups excluding carboxylic acids is 1. The fourth-order valence-electron chi connectivity index (χ4n) is 1.78. The van der Waals surface area contributed by atoms with Crippen LogP contribution in [0.3, 0.4) is 0 Å². The molecule has 94 valence electrons. The Kier molecular flexibility index (Phi) is 4.33. The van der Waals surface area contributed by atoms with Crippen LogP contribution in [0.4, 0.5) is 0 Å². The molecular formula is C15H23NO. The first-order valence-corrected chi connectivity index (χ1v) is 6.15. The number of amides is 1. The van der Waals surface area contributed by atoms with Gasteiger partial charge in [0.15, 0.2) is 0 Å². The van der Waals surface area contributed by atoms with Gasteiger partial charge in [0, 0.05) is 13.5 Å². The number of benzene rings is 1. The molecule has 17 heavy (non-hydrogen) atoms. The zero-order chi connectivity index (χ0) is 13.1. The molecule has 0 spiro atoms. The number of nitrogens with one attached hydrogen (secondary N) is 1. The first-order chi connectivity index (χ1) is 7.80. The minimum absolute atomic E-state index is 0.0367. The Morgan fingerprint density at radius 3 is 2.47 bits per heavy atom. The van der Waals surface area contributed by atoms with Crippen LogP contribution in [0, 0.1) is 6.92 Å². The highest BCUT2D eigenvalue weighted by molar-refractivity contribution is 5.72. The van der Waals surface area contributed by atoms with Gasteiger partial charge in [-0.1, -0.05) is 39.0 Å². The molecule has 0 heterocycles. The molecule has 1 aromatic carbocycles. The molecule has 2 nitrogen and oxygen atoms in total. The van der Waals surface area contributed by atoms with E-state index in [9.17, 15) is 4.79 Å². The molecule has 0 saturated heterocycles. The van der Waals surface area contributed by atoms with Gasteiger partial charge in [0.1, 0.15) is 0 Å². The summed E-state index contributed by atoms with van der Waals surface area (Å²) < 4.78 is 0. The van der Waals surface area contributed by atoms with E-state index in [-0.39, 0.29) is 11.3 Å². The predicted octanol–water partition coefficient (Wildman–Crippen LogP) is 2.97. The van der Waals surface area contributed by atoms with Crippen molar-refractivity contribution in [1.82, 2.24) is 5.32 Å². The van der Waals surface area contributed by atoms with Crippen LogP contribution in [0.1, 0.15) is 44.4 Å². The zero-order valence-electron chi connectivity index (χ0n) is 11.6. The van der Waals surface area contributed by atoms with Crippen molar-refractivity contribution in [2.45, 2.75) is 46.5 Å². The van der Waals surface area contributed by atoms with E-state index >= 15 is 0 Å². The van der Waals surface area contributed by atoms with Gasteiger partial charge in [0.2, 0.25) is 5.91 Å². The molecule has 1 amide bonds. The summed E-state index contributed by atoms with van der Waals surface area (Å²) in [5.41, 5.74) is 4.15. The van der Waals surface area contributed by atoms with Crippen LogP contribution < -0.4 is 5.32 Å². The fourth-order valence-corrected chi connectivity index (χ4v) is 1.78. The zero-order valence-corrected chi connectivity index (χ0v) is 11.6. The first kappa shape index (κ1) is 13.8. The van der Waals surface area contributed by atoms with Crippen molar-refractivity contribution in [2.75, 3.05) is 6.54 Å². The van der Waals surface area contributed by atoms with Gasteiger partial charge in [-0.3, -0.25) is 4.79 Å². The van der Waals surface area contributed by atoms with Gasteiger partial charge in [-0.2, -0.15) is 0 Å². The minimum atomic E-state index is 0.0367. The normalized spacial score (nSPS) is 11.4. The second kappa shape index (κ2) is 5.35. The molecule has 0 saturated carbocycles. The van der Waals surface area contributed by atoms with E-state index in [2.05, 4.69) is 51.2 Å². The van der Waals surface area contributed by atoms with E-state index in [4.69, 9.17) is 0 Å². The minimum Gasteiger partial charge on any atom is -0.356 e. The highest BCUT2D eigenvalue weighted by Gasteiger charge is 2.14. The van der Waals surface area contributed by atoms with Crippen molar-refractivity contribution < 1.29 is 4.79 Å². The quantitative estimate of drug-likeness (QED) is 0.854. The van der Waals surface area contributed by atoms with Crippen LogP contribution in [-0.2, 0) is 16.6 Å². The van der Waals surface area contributed by atoms with Crippen LogP contribution >= 0.6 is 0 Å². The van der Waals surface area contributed by atoms with Crippen molar-refractivity contribution >= 4 is 5.91 Å². The Morgan fingerprint density at radius 2 is 1.94 bits per heavy atom.